The summed E-state index contributed by atoms with van der Waals surface area (Å²) in [7, 11) is 0. The molecule has 0 spiro atoms. The van der Waals surface area contributed by atoms with E-state index in [2.05, 4.69) is 5.32 Å². The summed E-state index contributed by atoms with van der Waals surface area (Å²) in [5.41, 5.74) is 0.968. The summed E-state index contributed by atoms with van der Waals surface area (Å²) in [6.07, 6.45) is 1.54. The molecule has 2 aromatic carbocycles. The van der Waals surface area contributed by atoms with E-state index in [0.717, 1.165) is 5.75 Å². The van der Waals surface area contributed by atoms with E-state index in [9.17, 15) is 14.0 Å². The molecule has 2 aliphatic rings. The lowest BCUT2D eigenvalue weighted by Gasteiger charge is -2.37. The minimum Gasteiger partial charge on any atom is -0.493 e. The number of rotatable bonds is 7. The smallest absolute Gasteiger partial charge is 0.227 e. The van der Waals surface area contributed by atoms with E-state index in [-0.39, 0.29) is 35.8 Å². The molecule has 0 aliphatic carbocycles. The summed E-state index contributed by atoms with van der Waals surface area (Å²) in [5, 5.41) is 2.85. The Labute approximate surface area is 206 Å². The molecule has 0 saturated carbocycles. The number of hydrogen-bond donors (Lipinski definition) is 1. The van der Waals surface area contributed by atoms with E-state index in [4.69, 9.17) is 9.47 Å². The van der Waals surface area contributed by atoms with Crippen molar-refractivity contribution in [3.05, 3.63) is 54.3 Å². The molecule has 8 heteroatoms. The molecule has 4 rings (SSSR count). The maximum absolute atomic E-state index is 14.8. The van der Waals surface area contributed by atoms with Crippen molar-refractivity contribution in [1.29, 1.82) is 0 Å². The normalized spacial score (nSPS) is 21.0. The summed E-state index contributed by atoms with van der Waals surface area (Å²) in [5.74, 6) is 0.0780. The van der Waals surface area contributed by atoms with E-state index in [0.29, 0.717) is 63.4 Å². The van der Waals surface area contributed by atoms with Crippen LogP contribution in [0, 0.1) is 11.7 Å². The number of benzene rings is 2. The Morgan fingerprint density at radius 1 is 1.06 bits per heavy atom. The number of anilines is 2. The Morgan fingerprint density at radius 2 is 1.74 bits per heavy atom. The van der Waals surface area contributed by atoms with Crippen molar-refractivity contribution in [1.82, 2.24) is 4.90 Å². The molecule has 0 aromatic heterocycles. The highest BCUT2D eigenvalue weighted by atomic mass is 19.1. The second kappa shape index (κ2) is 11.5. The van der Waals surface area contributed by atoms with E-state index >= 15 is 0 Å². The van der Waals surface area contributed by atoms with Crippen molar-refractivity contribution < 1.29 is 23.5 Å². The number of carbonyl (C=O) groups excluding carboxylic acids is 2. The molecule has 2 saturated heterocycles. The first-order chi connectivity index (χ1) is 16.9. The van der Waals surface area contributed by atoms with Crippen molar-refractivity contribution in [2.45, 2.75) is 45.3 Å². The van der Waals surface area contributed by atoms with Gasteiger partial charge in [-0.25, -0.2) is 4.39 Å². The van der Waals surface area contributed by atoms with Gasteiger partial charge in [0.15, 0.2) is 0 Å². The van der Waals surface area contributed by atoms with Crippen LogP contribution in [0.25, 0.3) is 0 Å². The van der Waals surface area contributed by atoms with Crippen molar-refractivity contribution in [2.24, 2.45) is 5.92 Å². The van der Waals surface area contributed by atoms with Crippen LogP contribution in [-0.2, 0) is 14.3 Å². The standard InChI is InChI=1S/C27H34FN3O4/c1-19-17-31(18-20(2)35-19)25-9-8-22(16-24(25)28)29-27(33)21-10-13-30(14-11-21)26(32)12-15-34-23-6-4-3-5-7-23/h3-9,16,19-21H,10-15,17-18H2,1-2H3,(H,29,33). The molecule has 7 nitrogen and oxygen atoms in total. The van der Waals surface area contributed by atoms with E-state index < -0.39 is 0 Å². The number of amides is 2. The van der Waals surface area contributed by atoms with Gasteiger partial charge in [0.25, 0.3) is 0 Å². The number of piperidine rings is 1. The zero-order valence-corrected chi connectivity index (χ0v) is 20.4. The van der Waals surface area contributed by atoms with Gasteiger partial charge in [0, 0.05) is 37.8 Å². The quantitative estimate of drug-likeness (QED) is 0.643. The Kier molecular flexibility index (Phi) is 8.23. The van der Waals surface area contributed by atoms with E-state index in [1.165, 1.54) is 6.07 Å². The number of morpholine rings is 1. The molecule has 188 valence electrons. The Balaban J connectivity index is 1.23. The van der Waals surface area contributed by atoms with Crippen LogP contribution in [0.1, 0.15) is 33.1 Å². The fourth-order valence-electron chi connectivity index (χ4n) is 4.78. The third-order valence-corrected chi connectivity index (χ3v) is 6.52. The molecule has 0 radical (unpaired) electrons. The maximum Gasteiger partial charge on any atom is 0.227 e. The predicted octanol–water partition coefficient (Wildman–Crippen LogP) is 4.09. The first-order valence-corrected chi connectivity index (χ1v) is 12.4. The molecule has 2 aromatic rings. The van der Waals surface area contributed by atoms with Crippen LogP contribution >= 0.6 is 0 Å². The molecule has 2 atom stereocenters. The van der Waals surface area contributed by atoms with Crippen LogP contribution in [0.3, 0.4) is 0 Å². The topological polar surface area (TPSA) is 71.1 Å². The van der Waals surface area contributed by atoms with Crippen LogP contribution in [0.4, 0.5) is 15.8 Å². The lowest BCUT2D eigenvalue weighted by atomic mass is 9.95. The Hall–Kier alpha value is -3.13. The van der Waals surface area contributed by atoms with Crippen molar-refractivity contribution in [2.75, 3.05) is 43.0 Å². The van der Waals surface area contributed by atoms with Gasteiger partial charge < -0.3 is 24.6 Å². The number of para-hydroxylation sites is 1. The van der Waals surface area contributed by atoms with Gasteiger partial charge in [-0.3, -0.25) is 9.59 Å². The summed E-state index contributed by atoms with van der Waals surface area (Å²) >= 11 is 0. The molecular weight excluding hydrogens is 449 g/mol. The van der Waals surface area contributed by atoms with Crippen LogP contribution in [-0.4, -0.2) is 61.7 Å². The highest BCUT2D eigenvalue weighted by Crippen LogP contribution is 2.27. The second-order valence-electron chi connectivity index (χ2n) is 9.38. The van der Waals surface area contributed by atoms with Gasteiger partial charge in [-0.15, -0.1) is 0 Å². The number of ether oxygens (including phenoxy) is 2. The number of hydrogen-bond acceptors (Lipinski definition) is 5. The predicted molar refractivity (Wildman–Crippen MR) is 133 cm³/mol. The van der Waals surface area contributed by atoms with Gasteiger partial charge >= 0.3 is 0 Å². The highest BCUT2D eigenvalue weighted by molar-refractivity contribution is 5.93. The van der Waals surface area contributed by atoms with E-state index in [1.807, 2.05) is 49.1 Å². The minimum atomic E-state index is -0.359. The lowest BCUT2D eigenvalue weighted by Crippen LogP contribution is -2.45. The average Bonchev–Trinajstić information content (AvgIpc) is 2.84. The molecule has 2 fully saturated rings. The highest BCUT2D eigenvalue weighted by Gasteiger charge is 2.28. The van der Waals surface area contributed by atoms with Crippen LogP contribution in [0.15, 0.2) is 48.5 Å². The molecule has 0 bridgehead atoms. The molecular formula is C27H34FN3O4. The summed E-state index contributed by atoms with van der Waals surface area (Å²) in [6, 6.07) is 14.2. The zero-order valence-electron chi connectivity index (χ0n) is 20.4. The number of likely N-dealkylation sites (tertiary alicyclic amines) is 1. The summed E-state index contributed by atoms with van der Waals surface area (Å²) < 4.78 is 26.2. The fraction of sp³-hybridized carbons (Fsp3) is 0.481. The van der Waals surface area contributed by atoms with Gasteiger partial charge in [-0.05, 0) is 57.0 Å². The summed E-state index contributed by atoms with van der Waals surface area (Å²) in [4.78, 5) is 29.0. The number of carbonyl (C=O) groups is 2. The van der Waals surface area contributed by atoms with Crippen molar-refractivity contribution in [3.8, 4) is 5.75 Å². The Morgan fingerprint density at radius 3 is 2.40 bits per heavy atom. The van der Waals surface area contributed by atoms with Crippen LogP contribution in [0.2, 0.25) is 0 Å². The van der Waals surface area contributed by atoms with Gasteiger partial charge in [0.1, 0.15) is 11.6 Å². The third-order valence-electron chi connectivity index (χ3n) is 6.52. The van der Waals surface area contributed by atoms with Gasteiger partial charge in [0.05, 0.1) is 30.9 Å². The van der Waals surface area contributed by atoms with Gasteiger partial charge in [-0.2, -0.15) is 0 Å². The van der Waals surface area contributed by atoms with Crippen LogP contribution in [0.5, 0.6) is 5.75 Å². The molecule has 2 unspecified atom stereocenters. The number of nitrogens with zero attached hydrogens (tertiary/aromatic N) is 2. The van der Waals surface area contributed by atoms with Gasteiger partial charge in [0.2, 0.25) is 11.8 Å². The molecule has 2 heterocycles. The van der Waals surface area contributed by atoms with Crippen LogP contribution < -0.4 is 15.0 Å². The summed E-state index contributed by atoms with van der Waals surface area (Å²) in [6.45, 7) is 6.60. The maximum atomic E-state index is 14.8. The monoisotopic (exact) mass is 483 g/mol. The largest absolute Gasteiger partial charge is 0.493 e. The second-order valence-corrected chi connectivity index (χ2v) is 9.38. The Bertz CT molecular complexity index is 1000. The van der Waals surface area contributed by atoms with Crippen molar-refractivity contribution >= 4 is 23.2 Å². The van der Waals surface area contributed by atoms with Crippen molar-refractivity contribution in [3.63, 3.8) is 0 Å². The average molecular weight is 484 g/mol. The number of nitrogens with one attached hydrogen (secondary N) is 1. The molecule has 35 heavy (non-hydrogen) atoms. The minimum absolute atomic E-state index is 0.0317. The zero-order chi connectivity index (χ0) is 24.8. The number of halogens is 1. The lowest BCUT2D eigenvalue weighted by molar-refractivity contribution is -0.135. The SMILES string of the molecule is CC1CN(c2ccc(NC(=O)C3CCN(C(=O)CCOc4ccccc4)CC3)cc2F)CC(C)O1. The molecule has 2 aliphatic heterocycles. The first kappa shape index (κ1) is 25.0. The van der Waals surface area contributed by atoms with E-state index in [1.54, 1.807) is 17.0 Å². The van der Waals surface area contributed by atoms with Gasteiger partial charge in [-0.1, -0.05) is 18.2 Å². The fourth-order valence-corrected chi connectivity index (χ4v) is 4.78. The molecule has 1 N–H and O–H groups in total. The molecule has 2 amide bonds. The third kappa shape index (κ3) is 6.72. The first-order valence-electron chi connectivity index (χ1n) is 12.4.